The SMILES string of the molecule is CC(C)OC(=O)c1c(Cl)cc(C(F)(F)F)cc1C(F)(F)F. The number of esters is 1. The van der Waals surface area contributed by atoms with Gasteiger partial charge < -0.3 is 4.74 Å². The molecule has 0 saturated carbocycles. The summed E-state index contributed by atoms with van der Waals surface area (Å²) in [5, 5.41) is -0.970. The van der Waals surface area contributed by atoms with E-state index in [1.54, 1.807) is 0 Å². The minimum atomic E-state index is -5.18. The van der Waals surface area contributed by atoms with E-state index in [0.29, 0.717) is 0 Å². The smallest absolute Gasteiger partial charge is 0.417 e. The van der Waals surface area contributed by atoms with E-state index in [0.717, 1.165) is 0 Å². The topological polar surface area (TPSA) is 26.3 Å². The van der Waals surface area contributed by atoms with Crippen molar-refractivity contribution < 1.29 is 35.9 Å². The Labute approximate surface area is 120 Å². The van der Waals surface area contributed by atoms with Gasteiger partial charge in [0, 0.05) is 0 Å². The Morgan fingerprint density at radius 2 is 1.62 bits per heavy atom. The fourth-order valence-electron chi connectivity index (χ4n) is 1.47. The van der Waals surface area contributed by atoms with E-state index >= 15 is 0 Å². The van der Waals surface area contributed by atoms with Crippen molar-refractivity contribution in [2.45, 2.75) is 32.3 Å². The molecule has 0 fully saturated rings. The van der Waals surface area contributed by atoms with Crippen LogP contribution in [0, 0.1) is 0 Å². The second-order valence-corrected chi connectivity index (χ2v) is 4.74. The molecule has 0 heterocycles. The Balaban J connectivity index is 3.54. The fourth-order valence-corrected chi connectivity index (χ4v) is 1.77. The van der Waals surface area contributed by atoms with Crippen LogP contribution in [-0.2, 0) is 17.1 Å². The third kappa shape index (κ3) is 4.26. The van der Waals surface area contributed by atoms with E-state index < -0.39 is 46.1 Å². The molecule has 0 atom stereocenters. The number of carbonyl (C=O) groups excluding carboxylic acids is 1. The maximum absolute atomic E-state index is 12.9. The number of rotatable bonds is 2. The summed E-state index contributed by atoms with van der Waals surface area (Å²) in [6, 6.07) is 0.0938. The van der Waals surface area contributed by atoms with E-state index in [-0.39, 0.29) is 12.1 Å². The molecule has 118 valence electrons. The molecule has 0 bridgehead atoms. The van der Waals surface area contributed by atoms with Gasteiger partial charge in [-0.15, -0.1) is 0 Å². The van der Waals surface area contributed by atoms with Crippen molar-refractivity contribution in [3.63, 3.8) is 0 Å². The van der Waals surface area contributed by atoms with Crippen molar-refractivity contribution in [3.05, 3.63) is 33.8 Å². The first kappa shape index (κ1) is 17.6. The molecule has 0 aromatic heterocycles. The lowest BCUT2D eigenvalue weighted by molar-refractivity contribution is -0.143. The lowest BCUT2D eigenvalue weighted by Gasteiger charge is -2.17. The highest BCUT2D eigenvalue weighted by Gasteiger charge is 2.41. The average Bonchev–Trinajstić information content (AvgIpc) is 2.23. The Kier molecular flexibility index (Phi) is 4.82. The zero-order valence-corrected chi connectivity index (χ0v) is 11.5. The molecule has 0 radical (unpaired) electrons. The van der Waals surface area contributed by atoms with Crippen molar-refractivity contribution in [2.24, 2.45) is 0 Å². The molecule has 1 rings (SSSR count). The van der Waals surface area contributed by atoms with Crippen molar-refractivity contribution in [3.8, 4) is 0 Å². The van der Waals surface area contributed by atoms with Gasteiger partial charge in [0.05, 0.1) is 27.8 Å². The molecule has 0 unspecified atom stereocenters. The highest BCUT2D eigenvalue weighted by atomic mass is 35.5. The molecule has 21 heavy (non-hydrogen) atoms. The van der Waals surface area contributed by atoms with Crippen LogP contribution in [0.25, 0.3) is 0 Å². The van der Waals surface area contributed by atoms with Crippen LogP contribution in [0.5, 0.6) is 0 Å². The van der Waals surface area contributed by atoms with Crippen molar-refractivity contribution in [2.75, 3.05) is 0 Å². The normalized spacial score (nSPS) is 12.7. The Bertz CT molecular complexity index is 548. The molecule has 9 heteroatoms. The minimum absolute atomic E-state index is 0.164. The van der Waals surface area contributed by atoms with Crippen LogP contribution >= 0.6 is 11.6 Å². The van der Waals surface area contributed by atoms with Crippen molar-refractivity contribution in [1.82, 2.24) is 0 Å². The first-order valence-electron chi connectivity index (χ1n) is 5.53. The summed E-state index contributed by atoms with van der Waals surface area (Å²) in [5.74, 6) is -1.43. The van der Waals surface area contributed by atoms with Gasteiger partial charge >= 0.3 is 18.3 Å². The van der Waals surface area contributed by atoms with Gasteiger partial charge in [-0.05, 0) is 26.0 Å². The summed E-state index contributed by atoms with van der Waals surface area (Å²) in [6.45, 7) is 2.76. The number of alkyl halides is 6. The number of ether oxygens (including phenoxy) is 1. The third-order valence-corrected chi connectivity index (χ3v) is 2.57. The van der Waals surface area contributed by atoms with Gasteiger partial charge in [-0.25, -0.2) is 4.79 Å². The maximum atomic E-state index is 12.9. The van der Waals surface area contributed by atoms with E-state index in [1.165, 1.54) is 13.8 Å². The summed E-state index contributed by atoms with van der Waals surface area (Å²) in [4.78, 5) is 11.6. The standard InChI is InChI=1S/C12H9ClF6O2/c1-5(2)21-10(20)9-7(12(17,18)19)3-6(4-8(9)13)11(14,15)16/h3-5H,1-2H3. The Hall–Kier alpha value is -1.44. The second-order valence-electron chi connectivity index (χ2n) is 4.33. The summed E-state index contributed by atoms with van der Waals surface area (Å²) in [7, 11) is 0. The second kappa shape index (κ2) is 5.75. The first-order chi connectivity index (χ1) is 9.34. The summed E-state index contributed by atoms with van der Waals surface area (Å²) < 4.78 is 80.8. The number of carbonyl (C=O) groups is 1. The molecular weight excluding hydrogens is 326 g/mol. The first-order valence-corrected chi connectivity index (χ1v) is 5.90. The van der Waals surface area contributed by atoms with Crippen molar-refractivity contribution >= 4 is 17.6 Å². The molecule has 0 spiro atoms. The Morgan fingerprint density at radius 3 is 2.00 bits per heavy atom. The molecular formula is C12H9ClF6O2. The van der Waals surface area contributed by atoms with Crippen LogP contribution < -0.4 is 0 Å². The van der Waals surface area contributed by atoms with Crippen LogP contribution in [0.1, 0.15) is 35.3 Å². The van der Waals surface area contributed by atoms with Gasteiger partial charge in [0.25, 0.3) is 0 Å². The van der Waals surface area contributed by atoms with E-state index in [1.807, 2.05) is 0 Å². The number of hydrogen-bond donors (Lipinski definition) is 0. The van der Waals surface area contributed by atoms with E-state index in [2.05, 4.69) is 4.74 Å². The predicted molar refractivity (Wildman–Crippen MR) is 62.0 cm³/mol. The van der Waals surface area contributed by atoms with E-state index in [4.69, 9.17) is 11.6 Å². The van der Waals surface area contributed by atoms with Crippen molar-refractivity contribution in [1.29, 1.82) is 0 Å². The van der Waals surface area contributed by atoms with Crippen LogP contribution in [0.3, 0.4) is 0 Å². The summed E-state index contributed by atoms with van der Waals surface area (Å²) in [5.41, 5.74) is -4.51. The minimum Gasteiger partial charge on any atom is -0.459 e. The van der Waals surface area contributed by atoms with Crippen LogP contribution in [0.2, 0.25) is 5.02 Å². The number of benzene rings is 1. The van der Waals surface area contributed by atoms with Gasteiger partial charge in [-0.1, -0.05) is 11.6 Å². The highest BCUT2D eigenvalue weighted by Crippen LogP contribution is 2.40. The highest BCUT2D eigenvalue weighted by molar-refractivity contribution is 6.33. The zero-order valence-electron chi connectivity index (χ0n) is 10.7. The third-order valence-electron chi connectivity index (χ3n) is 2.27. The maximum Gasteiger partial charge on any atom is 0.417 e. The van der Waals surface area contributed by atoms with Gasteiger partial charge in [0.15, 0.2) is 0 Å². The fraction of sp³-hybridized carbons (Fsp3) is 0.417. The van der Waals surface area contributed by atoms with Crippen LogP contribution in [-0.4, -0.2) is 12.1 Å². The molecule has 0 N–H and O–H groups in total. The summed E-state index contributed by atoms with van der Waals surface area (Å²) in [6.07, 6.45) is -11.0. The summed E-state index contributed by atoms with van der Waals surface area (Å²) >= 11 is 5.42. The monoisotopic (exact) mass is 334 g/mol. The number of halogens is 7. The molecule has 2 nitrogen and oxygen atoms in total. The lowest BCUT2D eigenvalue weighted by Crippen LogP contribution is -2.20. The molecule has 0 amide bonds. The van der Waals surface area contributed by atoms with E-state index in [9.17, 15) is 31.1 Å². The molecule has 0 aliphatic rings. The van der Waals surface area contributed by atoms with Crippen LogP contribution in [0.4, 0.5) is 26.3 Å². The molecule has 0 saturated heterocycles. The predicted octanol–water partition coefficient (Wildman–Crippen LogP) is 4.94. The zero-order chi connectivity index (χ0) is 16.6. The van der Waals surface area contributed by atoms with Crippen LogP contribution in [0.15, 0.2) is 12.1 Å². The molecule has 0 aliphatic heterocycles. The molecule has 1 aromatic rings. The Morgan fingerprint density at radius 1 is 1.10 bits per heavy atom. The lowest BCUT2D eigenvalue weighted by atomic mass is 10.0. The molecule has 0 aliphatic carbocycles. The molecule has 1 aromatic carbocycles. The van der Waals surface area contributed by atoms with Gasteiger partial charge in [0.2, 0.25) is 0 Å². The van der Waals surface area contributed by atoms with Gasteiger partial charge in [-0.3, -0.25) is 0 Å². The number of hydrogen-bond acceptors (Lipinski definition) is 2. The van der Waals surface area contributed by atoms with Gasteiger partial charge in [-0.2, -0.15) is 26.3 Å². The van der Waals surface area contributed by atoms with Gasteiger partial charge in [0.1, 0.15) is 0 Å². The quantitative estimate of drug-likeness (QED) is 0.565. The average molecular weight is 335 g/mol. The largest absolute Gasteiger partial charge is 0.459 e.